The van der Waals surface area contributed by atoms with Crippen molar-refractivity contribution in [1.82, 2.24) is 4.90 Å². The van der Waals surface area contributed by atoms with Crippen LogP contribution in [0.25, 0.3) is 0 Å². The molecule has 0 radical (unpaired) electrons. The summed E-state index contributed by atoms with van der Waals surface area (Å²) in [5.74, 6) is -1.06. The minimum Gasteiger partial charge on any atom is -0.464 e. The molecule has 0 aromatic carbocycles. The Hall–Kier alpha value is -1.59. The minimum atomic E-state index is -1.00. The molecule has 0 saturated carbocycles. The van der Waals surface area contributed by atoms with Crippen molar-refractivity contribution in [3.8, 4) is 0 Å². The van der Waals surface area contributed by atoms with Gasteiger partial charge in [0, 0.05) is 7.79 Å². The molecule has 0 unspecified atom stereocenters. The van der Waals surface area contributed by atoms with E-state index in [0.717, 1.165) is 4.90 Å². The highest BCUT2D eigenvalue weighted by atomic mass is 16.6. The number of hydrogen-bond donors (Lipinski definition) is 0. The van der Waals surface area contributed by atoms with Crippen LogP contribution in [-0.4, -0.2) is 41.1 Å². The third-order valence-corrected chi connectivity index (χ3v) is 2.33. The lowest BCUT2D eigenvalue weighted by Gasteiger charge is -2.26. The fourth-order valence-electron chi connectivity index (χ4n) is 1.66. The Balaban J connectivity index is 2.79. The summed E-state index contributed by atoms with van der Waals surface area (Å²) >= 11 is 0. The van der Waals surface area contributed by atoms with Gasteiger partial charge < -0.3 is 9.47 Å². The van der Waals surface area contributed by atoms with Crippen LogP contribution in [-0.2, 0) is 19.1 Å². The summed E-state index contributed by atoms with van der Waals surface area (Å²) in [7, 11) is 0. The molecule has 2 amide bonds. The van der Waals surface area contributed by atoms with Gasteiger partial charge in [0.15, 0.2) is 0 Å². The molecule has 1 heterocycles. The number of esters is 1. The van der Waals surface area contributed by atoms with Crippen LogP contribution in [0.2, 0.25) is 0 Å². The van der Waals surface area contributed by atoms with Crippen molar-refractivity contribution in [2.45, 2.75) is 52.2 Å². The van der Waals surface area contributed by atoms with E-state index in [0.29, 0.717) is 0 Å². The summed E-state index contributed by atoms with van der Waals surface area (Å²) < 4.78 is 17.2. The molecular formula is C12H19NO5. The third-order valence-electron chi connectivity index (χ3n) is 2.33. The number of carbonyl (C=O) groups is 3. The number of amides is 2. The van der Waals surface area contributed by atoms with Crippen LogP contribution in [0, 0.1) is 0 Å². The summed E-state index contributed by atoms with van der Waals surface area (Å²) in [5.41, 5.74) is -1.00. The summed E-state index contributed by atoms with van der Waals surface area (Å²) in [6.45, 7) is 4.84. The van der Waals surface area contributed by atoms with Gasteiger partial charge in [-0.2, -0.15) is 0 Å². The van der Waals surface area contributed by atoms with Gasteiger partial charge in [0.25, 0.3) is 0 Å². The van der Waals surface area contributed by atoms with Crippen molar-refractivity contribution in [3.05, 3.63) is 0 Å². The van der Waals surface area contributed by atoms with Gasteiger partial charge in [-0.25, -0.2) is 14.5 Å². The predicted molar refractivity (Wildman–Crippen MR) is 62.7 cm³/mol. The third kappa shape index (κ3) is 3.45. The maximum atomic E-state index is 11.9. The second kappa shape index (κ2) is 5.37. The highest BCUT2D eigenvalue weighted by Crippen LogP contribution is 2.22. The van der Waals surface area contributed by atoms with E-state index in [4.69, 9.17) is 10.8 Å². The number of hydrogen-bond acceptors (Lipinski definition) is 5. The lowest BCUT2D eigenvalue weighted by Crippen LogP contribution is -2.46. The van der Waals surface area contributed by atoms with Crippen LogP contribution >= 0.6 is 0 Å². The van der Waals surface area contributed by atoms with E-state index in [1.807, 2.05) is 0 Å². The molecular weight excluding hydrogens is 238 g/mol. The van der Waals surface area contributed by atoms with E-state index >= 15 is 0 Å². The largest absolute Gasteiger partial charge is 0.464 e. The fourth-order valence-corrected chi connectivity index (χ4v) is 1.66. The smallest absolute Gasteiger partial charge is 0.417 e. The molecule has 0 bridgehead atoms. The summed E-state index contributed by atoms with van der Waals surface area (Å²) in [6, 6.07) is -0.915. The Kier molecular flexibility index (Phi) is 3.84. The second-order valence-electron chi connectivity index (χ2n) is 4.70. The normalized spacial score (nSPS) is 20.6. The van der Waals surface area contributed by atoms with Gasteiger partial charge in [0.05, 0.1) is 6.61 Å². The van der Waals surface area contributed by atoms with Gasteiger partial charge >= 0.3 is 12.1 Å². The molecule has 0 aromatic rings. The molecule has 0 spiro atoms. The first-order valence-electron chi connectivity index (χ1n) is 6.54. The van der Waals surface area contributed by atoms with Crippen LogP contribution in [0.3, 0.4) is 0 Å². The van der Waals surface area contributed by atoms with Crippen LogP contribution in [0.1, 0.15) is 41.9 Å². The first-order chi connectivity index (χ1) is 8.82. The number of likely N-dealkylation sites (tertiary alicyclic amines) is 1. The fraction of sp³-hybridized carbons (Fsp3) is 0.750. The molecule has 1 atom stereocenters. The van der Waals surface area contributed by atoms with E-state index in [2.05, 4.69) is 0 Å². The Morgan fingerprint density at radius 3 is 2.78 bits per heavy atom. The molecule has 1 aliphatic rings. The van der Waals surface area contributed by atoms with Gasteiger partial charge in [0.1, 0.15) is 11.6 Å². The average Bonchev–Trinajstić information content (AvgIpc) is 2.71. The SMILES string of the molecule is [2H]CC(C)(C)OC(=O)N1C(=O)CC[C@H]1C(=O)OCC. The van der Waals surface area contributed by atoms with Crippen LogP contribution in [0.5, 0.6) is 0 Å². The molecule has 1 saturated heterocycles. The van der Waals surface area contributed by atoms with E-state index in [1.54, 1.807) is 20.8 Å². The molecule has 18 heavy (non-hydrogen) atoms. The zero-order valence-corrected chi connectivity index (χ0v) is 10.9. The van der Waals surface area contributed by atoms with Gasteiger partial charge in [-0.3, -0.25) is 4.79 Å². The quantitative estimate of drug-likeness (QED) is 0.701. The number of rotatable bonds is 2. The van der Waals surface area contributed by atoms with Crippen molar-refractivity contribution in [3.63, 3.8) is 0 Å². The maximum Gasteiger partial charge on any atom is 0.417 e. The second-order valence-corrected chi connectivity index (χ2v) is 4.70. The topological polar surface area (TPSA) is 72.9 Å². The van der Waals surface area contributed by atoms with Gasteiger partial charge in [-0.1, -0.05) is 0 Å². The molecule has 0 N–H and O–H groups in total. The Labute approximate surface area is 108 Å². The van der Waals surface area contributed by atoms with Crippen molar-refractivity contribution in [2.24, 2.45) is 0 Å². The van der Waals surface area contributed by atoms with Crippen LogP contribution < -0.4 is 0 Å². The lowest BCUT2D eigenvalue weighted by atomic mass is 10.2. The zero-order chi connectivity index (χ0) is 14.6. The molecule has 0 aliphatic carbocycles. The van der Waals surface area contributed by atoms with Gasteiger partial charge in [-0.15, -0.1) is 0 Å². The zero-order valence-electron chi connectivity index (χ0n) is 11.9. The van der Waals surface area contributed by atoms with Crippen molar-refractivity contribution in [2.75, 3.05) is 6.61 Å². The van der Waals surface area contributed by atoms with E-state index in [9.17, 15) is 14.4 Å². The summed E-state index contributed by atoms with van der Waals surface area (Å²) in [6.07, 6.45) is -0.536. The van der Waals surface area contributed by atoms with Crippen molar-refractivity contribution >= 4 is 18.0 Å². The monoisotopic (exact) mass is 258 g/mol. The number of ether oxygens (including phenoxy) is 2. The highest BCUT2D eigenvalue weighted by Gasteiger charge is 2.43. The number of imide groups is 1. The van der Waals surface area contributed by atoms with E-state index < -0.39 is 29.6 Å². The summed E-state index contributed by atoms with van der Waals surface area (Å²) in [5, 5.41) is 0. The molecule has 1 rings (SSSR count). The maximum absolute atomic E-state index is 11.9. The first kappa shape index (κ1) is 12.9. The van der Waals surface area contributed by atoms with Gasteiger partial charge in [-0.05, 0) is 34.1 Å². The van der Waals surface area contributed by atoms with E-state index in [-0.39, 0.29) is 26.3 Å². The molecule has 6 heteroatoms. The Morgan fingerprint density at radius 2 is 2.22 bits per heavy atom. The number of nitrogens with zero attached hydrogens (tertiary/aromatic N) is 1. The van der Waals surface area contributed by atoms with Crippen molar-refractivity contribution < 1.29 is 25.2 Å². The molecule has 1 fully saturated rings. The summed E-state index contributed by atoms with van der Waals surface area (Å²) in [4.78, 5) is 36.1. The molecule has 1 aliphatic heterocycles. The highest BCUT2D eigenvalue weighted by molar-refractivity contribution is 5.99. The van der Waals surface area contributed by atoms with Crippen LogP contribution in [0.4, 0.5) is 4.79 Å². The lowest BCUT2D eigenvalue weighted by molar-refractivity contribution is -0.150. The van der Waals surface area contributed by atoms with Crippen LogP contribution in [0.15, 0.2) is 0 Å². The predicted octanol–water partition coefficient (Wildman–Crippen LogP) is 1.48. The number of carbonyl (C=O) groups excluding carboxylic acids is 3. The Bertz CT molecular complexity index is 382. The molecule has 6 nitrogen and oxygen atoms in total. The van der Waals surface area contributed by atoms with Gasteiger partial charge in [0.2, 0.25) is 5.91 Å². The molecule has 102 valence electrons. The van der Waals surface area contributed by atoms with E-state index in [1.165, 1.54) is 0 Å². The molecule has 0 aromatic heterocycles. The van der Waals surface area contributed by atoms with Crippen molar-refractivity contribution in [1.29, 1.82) is 0 Å². The Morgan fingerprint density at radius 1 is 1.56 bits per heavy atom. The first-order valence-corrected chi connectivity index (χ1v) is 5.83. The minimum absolute atomic E-state index is 0.111. The average molecular weight is 258 g/mol. The standard InChI is InChI=1S/C12H19NO5/c1-5-17-10(15)8-6-7-9(14)13(8)11(16)18-12(2,3)4/h8H,5-7H2,1-4H3/t8-/m0/s1/i2D.